The minimum Gasteiger partial charge on any atom is -0.422 e. The highest BCUT2D eigenvalue weighted by atomic mass is 32.1. The first-order valence-electron chi connectivity index (χ1n) is 13.1. The van der Waals surface area contributed by atoms with Crippen molar-refractivity contribution >= 4 is 39.2 Å². The number of nitrogens with zero attached hydrogens (tertiary/aromatic N) is 3. The number of hydrazone groups is 1. The molecule has 0 saturated heterocycles. The van der Waals surface area contributed by atoms with Crippen LogP contribution in [0.3, 0.4) is 0 Å². The molecule has 198 valence electrons. The molecule has 0 unspecified atom stereocenters. The fraction of sp³-hybridized carbons (Fsp3) is 0.156. The Morgan fingerprint density at radius 2 is 1.73 bits per heavy atom. The number of thiazole rings is 1. The van der Waals surface area contributed by atoms with Gasteiger partial charge in [-0.1, -0.05) is 53.8 Å². The van der Waals surface area contributed by atoms with Crippen molar-refractivity contribution in [2.24, 2.45) is 11.0 Å². The van der Waals surface area contributed by atoms with Crippen molar-refractivity contribution in [3.8, 4) is 10.4 Å². The lowest BCUT2D eigenvalue weighted by Gasteiger charge is -2.29. The summed E-state index contributed by atoms with van der Waals surface area (Å²) >= 11 is 1.37. The Labute approximate surface area is 232 Å². The standard InChI is InChI=1S/C32H23F2N3O2S/c33-23-12-8-19(9-13-23)16-22-5-3-6-25-29(22)36-37(30(25)20-10-14-24(34)15-11-20)32-35-18-28(40-32)26-17-21-4-1-2-7-27(21)39-31(26)38/h1-2,4,7-18,25,30H,3,5-6H2/b22-16-/t25-,30-/m1/s1. The largest absolute Gasteiger partial charge is 0.422 e. The van der Waals surface area contributed by atoms with Crippen LogP contribution in [0.4, 0.5) is 13.9 Å². The third-order valence-electron chi connectivity index (χ3n) is 7.52. The van der Waals surface area contributed by atoms with Crippen LogP contribution >= 0.6 is 11.3 Å². The summed E-state index contributed by atoms with van der Waals surface area (Å²) in [6.07, 6.45) is 6.51. The van der Waals surface area contributed by atoms with Gasteiger partial charge in [-0.2, -0.15) is 5.10 Å². The Balaban J connectivity index is 1.31. The number of benzene rings is 3. The molecule has 3 aromatic carbocycles. The summed E-state index contributed by atoms with van der Waals surface area (Å²) < 4.78 is 32.9. The lowest BCUT2D eigenvalue weighted by molar-refractivity contribution is 0.486. The van der Waals surface area contributed by atoms with Gasteiger partial charge in [-0.25, -0.2) is 23.6 Å². The first-order valence-corrected chi connectivity index (χ1v) is 13.9. The molecule has 0 amide bonds. The molecule has 1 fully saturated rings. The van der Waals surface area contributed by atoms with Gasteiger partial charge in [0.2, 0.25) is 5.13 Å². The Hall–Kier alpha value is -4.43. The van der Waals surface area contributed by atoms with E-state index in [0.29, 0.717) is 21.2 Å². The molecule has 0 bridgehead atoms. The van der Waals surface area contributed by atoms with Crippen LogP contribution in [0.5, 0.6) is 0 Å². The highest BCUT2D eigenvalue weighted by molar-refractivity contribution is 7.18. The number of aromatic nitrogens is 1. The minimum atomic E-state index is -0.421. The number of rotatable bonds is 4. The van der Waals surface area contributed by atoms with Gasteiger partial charge in [0.05, 0.1) is 22.2 Å². The minimum absolute atomic E-state index is 0.0731. The van der Waals surface area contributed by atoms with Gasteiger partial charge in [-0.15, -0.1) is 0 Å². The van der Waals surface area contributed by atoms with Crippen LogP contribution in [-0.2, 0) is 0 Å². The Morgan fingerprint density at radius 1 is 0.975 bits per heavy atom. The molecule has 40 heavy (non-hydrogen) atoms. The van der Waals surface area contributed by atoms with Gasteiger partial charge in [0.1, 0.15) is 17.2 Å². The highest BCUT2D eigenvalue weighted by Crippen LogP contribution is 2.47. The second kappa shape index (κ2) is 9.95. The highest BCUT2D eigenvalue weighted by Gasteiger charge is 2.43. The van der Waals surface area contributed by atoms with Gasteiger partial charge < -0.3 is 4.42 Å². The molecule has 0 radical (unpaired) electrons. The van der Waals surface area contributed by atoms with Crippen LogP contribution in [0.2, 0.25) is 0 Å². The maximum Gasteiger partial charge on any atom is 0.345 e. The zero-order chi connectivity index (χ0) is 27.2. The maximum absolute atomic E-state index is 13.9. The van der Waals surface area contributed by atoms with E-state index >= 15 is 0 Å². The quantitative estimate of drug-likeness (QED) is 0.212. The average molecular weight is 552 g/mol. The summed E-state index contributed by atoms with van der Waals surface area (Å²) in [5.41, 5.74) is 4.48. The molecule has 1 aliphatic carbocycles. The molecular weight excluding hydrogens is 528 g/mol. The zero-order valence-electron chi connectivity index (χ0n) is 21.3. The Morgan fingerprint density at radius 3 is 2.52 bits per heavy atom. The van der Waals surface area contributed by atoms with Crippen molar-refractivity contribution in [2.75, 3.05) is 5.01 Å². The van der Waals surface area contributed by atoms with E-state index in [4.69, 9.17) is 9.52 Å². The molecule has 2 atom stereocenters. The molecule has 3 heterocycles. The molecular formula is C32H23F2N3O2S. The normalized spacial score (nSPS) is 19.7. The van der Waals surface area contributed by atoms with E-state index in [-0.39, 0.29) is 23.6 Å². The van der Waals surface area contributed by atoms with Crippen molar-refractivity contribution in [3.63, 3.8) is 0 Å². The van der Waals surface area contributed by atoms with Crippen molar-refractivity contribution in [1.29, 1.82) is 0 Å². The number of para-hydroxylation sites is 1. The topological polar surface area (TPSA) is 58.7 Å². The van der Waals surface area contributed by atoms with Crippen LogP contribution in [-0.4, -0.2) is 10.7 Å². The molecule has 0 spiro atoms. The second-order valence-electron chi connectivity index (χ2n) is 10.0. The third kappa shape index (κ3) is 4.44. The third-order valence-corrected chi connectivity index (χ3v) is 8.54. The monoisotopic (exact) mass is 551 g/mol. The Kier molecular flexibility index (Phi) is 6.12. The molecule has 2 aromatic heterocycles. The predicted octanol–water partition coefficient (Wildman–Crippen LogP) is 8.00. The fourth-order valence-electron chi connectivity index (χ4n) is 5.64. The number of hydrogen-bond acceptors (Lipinski definition) is 6. The predicted molar refractivity (Wildman–Crippen MR) is 154 cm³/mol. The summed E-state index contributed by atoms with van der Waals surface area (Å²) in [7, 11) is 0. The molecule has 0 N–H and O–H groups in total. The lowest BCUT2D eigenvalue weighted by atomic mass is 9.77. The van der Waals surface area contributed by atoms with Gasteiger partial charge in [0.15, 0.2) is 0 Å². The number of anilines is 1. The molecule has 7 rings (SSSR count). The van der Waals surface area contributed by atoms with Crippen molar-refractivity contribution in [1.82, 2.24) is 4.98 Å². The van der Waals surface area contributed by atoms with Crippen LogP contribution in [0, 0.1) is 17.6 Å². The first kappa shape index (κ1) is 24.6. The number of fused-ring (bicyclic) bond motifs is 2. The summed E-state index contributed by atoms with van der Waals surface area (Å²) in [6, 6.07) is 22.0. The molecule has 1 aliphatic heterocycles. The number of allylic oxidation sites excluding steroid dienone is 1. The van der Waals surface area contributed by atoms with Crippen LogP contribution in [0.25, 0.3) is 27.5 Å². The number of hydrogen-bond donors (Lipinski definition) is 0. The first-order chi connectivity index (χ1) is 19.5. The van der Waals surface area contributed by atoms with Crippen molar-refractivity contribution in [3.05, 3.63) is 124 Å². The smallest absolute Gasteiger partial charge is 0.345 e. The zero-order valence-corrected chi connectivity index (χ0v) is 22.1. The van der Waals surface area contributed by atoms with Gasteiger partial charge in [-0.05, 0) is 78.4 Å². The fourth-order valence-corrected chi connectivity index (χ4v) is 6.55. The summed E-state index contributed by atoms with van der Waals surface area (Å²) in [5, 5.41) is 8.48. The van der Waals surface area contributed by atoms with E-state index in [1.807, 2.05) is 29.3 Å². The van der Waals surface area contributed by atoms with E-state index in [9.17, 15) is 13.6 Å². The van der Waals surface area contributed by atoms with E-state index in [2.05, 4.69) is 11.1 Å². The van der Waals surface area contributed by atoms with Crippen LogP contribution in [0.1, 0.15) is 36.4 Å². The maximum atomic E-state index is 13.9. The summed E-state index contributed by atoms with van der Waals surface area (Å²) in [4.78, 5) is 18.2. The average Bonchev–Trinajstić information content (AvgIpc) is 3.60. The molecule has 8 heteroatoms. The Bertz CT molecular complexity index is 1840. The number of halogens is 2. The summed E-state index contributed by atoms with van der Waals surface area (Å²) in [6.45, 7) is 0. The molecule has 5 aromatic rings. The van der Waals surface area contributed by atoms with Gasteiger partial charge in [0.25, 0.3) is 0 Å². The van der Waals surface area contributed by atoms with Gasteiger partial charge in [0, 0.05) is 17.5 Å². The van der Waals surface area contributed by atoms with Gasteiger partial charge >= 0.3 is 5.63 Å². The van der Waals surface area contributed by atoms with Crippen molar-refractivity contribution in [2.45, 2.75) is 25.3 Å². The van der Waals surface area contributed by atoms with E-state index in [0.717, 1.165) is 47.1 Å². The van der Waals surface area contributed by atoms with Crippen LogP contribution < -0.4 is 10.6 Å². The van der Waals surface area contributed by atoms with E-state index < -0.39 is 5.63 Å². The summed E-state index contributed by atoms with van der Waals surface area (Å²) in [5.74, 6) is -0.497. The second-order valence-corrected chi connectivity index (χ2v) is 11.0. The SMILES string of the molecule is O=c1oc2ccccc2cc1-c1cnc(N2N=C3/C(=C\c4ccc(F)cc4)CCC[C@H]3[C@H]2c2ccc(F)cc2)s1. The lowest BCUT2D eigenvalue weighted by Crippen LogP contribution is -2.28. The van der Waals surface area contributed by atoms with Crippen LogP contribution in [0.15, 0.2) is 105 Å². The molecule has 1 saturated carbocycles. The molecule has 5 nitrogen and oxygen atoms in total. The molecule has 2 aliphatic rings. The van der Waals surface area contributed by atoms with Gasteiger partial charge in [-0.3, -0.25) is 0 Å². The van der Waals surface area contributed by atoms with E-state index in [1.54, 1.807) is 36.5 Å². The van der Waals surface area contributed by atoms with Crippen molar-refractivity contribution < 1.29 is 13.2 Å². The van der Waals surface area contributed by atoms with E-state index in [1.165, 1.54) is 35.6 Å².